The first-order valence-corrected chi connectivity index (χ1v) is 8.23. The summed E-state index contributed by atoms with van der Waals surface area (Å²) in [6.45, 7) is 0.427. The van der Waals surface area contributed by atoms with Gasteiger partial charge >= 0.3 is 0 Å². The second kappa shape index (κ2) is 9.06. The van der Waals surface area contributed by atoms with Crippen molar-refractivity contribution in [3.8, 4) is 11.5 Å². The van der Waals surface area contributed by atoms with Crippen LogP contribution < -0.4 is 15.8 Å². The highest BCUT2D eigenvalue weighted by Gasteiger charge is 2.30. The fourth-order valence-corrected chi connectivity index (χ4v) is 2.76. The minimum Gasteiger partial charge on any atom is -0.454 e. The molecule has 3 rings (SSSR count). The van der Waals surface area contributed by atoms with Gasteiger partial charge in [0.15, 0.2) is 5.75 Å². The van der Waals surface area contributed by atoms with Crippen LogP contribution in [0.2, 0.25) is 5.02 Å². The van der Waals surface area contributed by atoms with Gasteiger partial charge in [-0.25, -0.2) is 0 Å². The lowest BCUT2D eigenvalue weighted by molar-refractivity contribution is -0.126. The molecule has 0 unspecified atom stereocenters. The lowest BCUT2D eigenvalue weighted by Gasteiger charge is -2.16. The van der Waals surface area contributed by atoms with Gasteiger partial charge in [0.05, 0.1) is 16.8 Å². The van der Waals surface area contributed by atoms with Crippen LogP contribution in [0.4, 0.5) is 5.69 Å². The highest BCUT2D eigenvalue weighted by Crippen LogP contribution is 2.33. The van der Waals surface area contributed by atoms with Crippen LogP contribution in [0.25, 0.3) is 0 Å². The topological polar surface area (TPSA) is 73.6 Å². The Morgan fingerprint density at radius 3 is 2.52 bits per heavy atom. The predicted molar refractivity (Wildman–Crippen MR) is 101 cm³/mol. The molecule has 1 fully saturated rings. The molecule has 1 aliphatic rings. The van der Waals surface area contributed by atoms with Crippen LogP contribution in [0.15, 0.2) is 48.5 Å². The third-order valence-corrected chi connectivity index (χ3v) is 4.18. The zero-order valence-electron chi connectivity index (χ0n) is 13.5. The van der Waals surface area contributed by atoms with Crippen LogP contribution in [-0.4, -0.2) is 24.7 Å². The van der Waals surface area contributed by atoms with E-state index in [1.54, 1.807) is 24.3 Å². The van der Waals surface area contributed by atoms with Gasteiger partial charge < -0.3 is 20.5 Å². The Morgan fingerprint density at radius 1 is 1.16 bits per heavy atom. The Balaban J connectivity index is 0.00000225. The van der Waals surface area contributed by atoms with Crippen molar-refractivity contribution in [2.75, 3.05) is 11.9 Å². The fraction of sp³-hybridized carbons (Fsp3) is 0.278. The monoisotopic (exact) mass is 382 g/mol. The van der Waals surface area contributed by atoms with E-state index in [1.807, 2.05) is 24.3 Å². The molecule has 0 radical (unpaired) electrons. The summed E-state index contributed by atoms with van der Waals surface area (Å²) in [5.41, 5.74) is 6.16. The molecule has 2 aromatic rings. The quantitative estimate of drug-likeness (QED) is 0.819. The van der Waals surface area contributed by atoms with Crippen molar-refractivity contribution < 1.29 is 14.3 Å². The van der Waals surface area contributed by atoms with Gasteiger partial charge in [-0.2, -0.15) is 0 Å². The van der Waals surface area contributed by atoms with Gasteiger partial charge in [-0.3, -0.25) is 4.79 Å². The smallest absolute Gasteiger partial charge is 0.253 e. The van der Waals surface area contributed by atoms with Gasteiger partial charge in [0.25, 0.3) is 5.91 Å². The van der Waals surface area contributed by atoms with Crippen LogP contribution in [0.1, 0.15) is 12.8 Å². The van der Waals surface area contributed by atoms with E-state index in [-0.39, 0.29) is 24.4 Å². The Morgan fingerprint density at radius 2 is 1.84 bits per heavy atom. The number of nitrogens with two attached hydrogens (primary N) is 1. The number of carbonyl (C=O) groups is 1. The average molecular weight is 383 g/mol. The second-order valence-electron chi connectivity index (χ2n) is 5.58. The number of hydrogen-bond donors (Lipinski definition) is 2. The number of carbonyl (C=O) groups excluding carboxylic acids is 1. The van der Waals surface area contributed by atoms with E-state index < -0.39 is 6.10 Å². The first-order chi connectivity index (χ1) is 11.7. The average Bonchev–Trinajstić information content (AvgIpc) is 3.08. The number of benzene rings is 2. The maximum absolute atomic E-state index is 12.4. The van der Waals surface area contributed by atoms with Crippen LogP contribution >= 0.6 is 24.0 Å². The van der Waals surface area contributed by atoms with Crippen molar-refractivity contribution >= 4 is 35.6 Å². The molecular formula is C18H20Cl2N2O3. The van der Waals surface area contributed by atoms with Crippen molar-refractivity contribution in [3.63, 3.8) is 0 Å². The number of amides is 1. The van der Waals surface area contributed by atoms with E-state index in [2.05, 4.69) is 5.32 Å². The summed E-state index contributed by atoms with van der Waals surface area (Å²) in [5, 5.41) is 3.37. The molecule has 1 heterocycles. The molecular weight excluding hydrogens is 363 g/mol. The van der Waals surface area contributed by atoms with Crippen LogP contribution in [0.5, 0.6) is 11.5 Å². The number of halogens is 2. The molecule has 2 aromatic carbocycles. The van der Waals surface area contributed by atoms with Crippen LogP contribution in [0.3, 0.4) is 0 Å². The molecule has 2 atom stereocenters. The summed E-state index contributed by atoms with van der Waals surface area (Å²) in [6.07, 6.45) is 0.940. The molecule has 7 heteroatoms. The molecule has 1 amide bonds. The number of nitrogens with one attached hydrogen (secondary N) is 1. The zero-order chi connectivity index (χ0) is 16.9. The van der Waals surface area contributed by atoms with Gasteiger partial charge in [-0.15, -0.1) is 12.4 Å². The molecule has 1 aliphatic heterocycles. The van der Waals surface area contributed by atoms with Crippen molar-refractivity contribution in [2.24, 2.45) is 5.73 Å². The Hall–Kier alpha value is -1.79. The predicted octanol–water partition coefficient (Wildman–Crippen LogP) is 4.00. The molecule has 1 saturated heterocycles. The Kier molecular flexibility index (Phi) is 7.08. The first-order valence-electron chi connectivity index (χ1n) is 7.85. The minimum atomic E-state index is -0.480. The lowest BCUT2D eigenvalue weighted by atomic mass is 10.2. The van der Waals surface area contributed by atoms with Crippen molar-refractivity contribution in [1.29, 1.82) is 0 Å². The maximum atomic E-state index is 12.4. The highest BCUT2D eigenvalue weighted by atomic mass is 35.5. The largest absolute Gasteiger partial charge is 0.454 e. The standard InChI is InChI=1S/C18H19ClN2O3.ClH/c19-13-5-1-3-7-15(13)24-16-8-4-2-6-14(16)21-18(22)17-10-9-12(11-20)23-17;/h1-8,12,17H,9-11,20H2,(H,21,22);1H/t12-,17+;/m1./s1. The Labute approximate surface area is 157 Å². The summed E-state index contributed by atoms with van der Waals surface area (Å²) in [5.74, 6) is 0.856. The SMILES string of the molecule is Cl.NC[C@H]1CC[C@@H](C(=O)Nc2ccccc2Oc2ccccc2Cl)O1. The molecule has 5 nitrogen and oxygen atoms in total. The van der Waals surface area contributed by atoms with Crippen LogP contribution in [0, 0.1) is 0 Å². The van der Waals surface area contributed by atoms with Gasteiger partial charge in [0.1, 0.15) is 11.9 Å². The minimum absolute atomic E-state index is 0. The van der Waals surface area contributed by atoms with Gasteiger partial charge in [-0.05, 0) is 37.1 Å². The molecule has 0 bridgehead atoms. The van der Waals surface area contributed by atoms with Crippen molar-refractivity contribution in [2.45, 2.75) is 25.0 Å². The normalized spacial score (nSPS) is 19.1. The number of hydrogen-bond acceptors (Lipinski definition) is 4. The van der Waals surface area contributed by atoms with Crippen LogP contribution in [-0.2, 0) is 9.53 Å². The van der Waals surface area contributed by atoms with Crippen molar-refractivity contribution in [3.05, 3.63) is 53.6 Å². The summed E-state index contributed by atoms with van der Waals surface area (Å²) >= 11 is 6.12. The lowest BCUT2D eigenvalue weighted by Crippen LogP contribution is -2.29. The van der Waals surface area contributed by atoms with E-state index >= 15 is 0 Å². The van der Waals surface area contributed by atoms with E-state index in [1.165, 1.54) is 0 Å². The molecule has 0 spiro atoms. The number of ether oxygens (including phenoxy) is 2. The molecule has 0 saturated carbocycles. The third kappa shape index (κ3) is 4.86. The van der Waals surface area contributed by atoms with E-state index in [0.717, 1.165) is 6.42 Å². The molecule has 0 aromatic heterocycles. The number of para-hydroxylation sites is 3. The summed E-state index contributed by atoms with van der Waals surface area (Å²) in [6, 6.07) is 14.4. The first kappa shape index (κ1) is 19.5. The van der Waals surface area contributed by atoms with E-state index in [4.69, 9.17) is 26.8 Å². The van der Waals surface area contributed by atoms with E-state index in [9.17, 15) is 4.79 Å². The summed E-state index contributed by atoms with van der Waals surface area (Å²) < 4.78 is 11.5. The fourth-order valence-electron chi connectivity index (χ4n) is 2.59. The van der Waals surface area contributed by atoms with Gasteiger partial charge in [0.2, 0.25) is 0 Å². The number of rotatable bonds is 5. The molecule has 25 heavy (non-hydrogen) atoms. The van der Waals surface area contributed by atoms with Gasteiger partial charge in [-0.1, -0.05) is 35.9 Å². The van der Waals surface area contributed by atoms with Gasteiger partial charge in [0, 0.05) is 6.54 Å². The van der Waals surface area contributed by atoms with E-state index in [0.29, 0.717) is 35.2 Å². The summed E-state index contributed by atoms with van der Waals surface area (Å²) in [4.78, 5) is 12.4. The molecule has 3 N–H and O–H groups in total. The third-order valence-electron chi connectivity index (χ3n) is 3.86. The zero-order valence-corrected chi connectivity index (χ0v) is 15.1. The summed E-state index contributed by atoms with van der Waals surface area (Å²) in [7, 11) is 0. The molecule has 134 valence electrons. The number of anilines is 1. The highest BCUT2D eigenvalue weighted by molar-refractivity contribution is 6.32. The molecule has 0 aliphatic carbocycles. The van der Waals surface area contributed by atoms with Crippen molar-refractivity contribution in [1.82, 2.24) is 0 Å². The maximum Gasteiger partial charge on any atom is 0.253 e. The Bertz CT molecular complexity index is 727. The second-order valence-corrected chi connectivity index (χ2v) is 5.98.